The van der Waals surface area contributed by atoms with Crippen molar-refractivity contribution in [2.75, 3.05) is 13.1 Å². The second-order valence-electron chi connectivity index (χ2n) is 5.94. The van der Waals surface area contributed by atoms with Crippen LogP contribution in [0.15, 0.2) is 65.6 Å². The highest BCUT2D eigenvalue weighted by atomic mass is 32.2. The average molecular weight is 313 g/mol. The summed E-state index contributed by atoms with van der Waals surface area (Å²) in [6.45, 7) is 4.18. The van der Waals surface area contributed by atoms with Crippen LogP contribution in [0.25, 0.3) is 0 Å². The lowest BCUT2D eigenvalue weighted by molar-refractivity contribution is 0.319. The third-order valence-electron chi connectivity index (χ3n) is 4.43. The molecule has 0 N–H and O–H groups in total. The van der Waals surface area contributed by atoms with Crippen LogP contribution in [0.4, 0.5) is 0 Å². The van der Waals surface area contributed by atoms with Crippen LogP contribution in [0.5, 0.6) is 0 Å². The van der Waals surface area contributed by atoms with Crippen molar-refractivity contribution >= 4 is 10.8 Å². The number of hydrogen-bond donors (Lipinski definition) is 0. The zero-order valence-corrected chi connectivity index (χ0v) is 13.8. The summed E-state index contributed by atoms with van der Waals surface area (Å²) in [6, 6.07) is 20.5. The molecule has 3 rings (SSSR count). The van der Waals surface area contributed by atoms with Crippen LogP contribution in [0.3, 0.4) is 0 Å². The molecular weight excluding hydrogens is 290 g/mol. The summed E-state index contributed by atoms with van der Waals surface area (Å²) in [4.78, 5) is 3.34. The monoisotopic (exact) mass is 313 g/mol. The summed E-state index contributed by atoms with van der Waals surface area (Å²) in [6.07, 6.45) is 2.10. The molecule has 0 spiro atoms. The fourth-order valence-electron chi connectivity index (χ4n) is 3.32. The molecule has 22 heavy (non-hydrogen) atoms. The van der Waals surface area contributed by atoms with E-state index in [2.05, 4.69) is 42.2 Å². The van der Waals surface area contributed by atoms with Crippen molar-refractivity contribution in [3.05, 3.63) is 66.2 Å². The van der Waals surface area contributed by atoms with Gasteiger partial charge in [0.1, 0.15) is 0 Å². The van der Waals surface area contributed by atoms with Gasteiger partial charge < -0.3 is 0 Å². The Hall–Kier alpha value is -1.45. The van der Waals surface area contributed by atoms with Crippen molar-refractivity contribution in [3.8, 4) is 0 Å². The Labute approximate surface area is 135 Å². The Morgan fingerprint density at radius 3 is 2.32 bits per heavy atom. The normalized spacial score (nSPS) is 23.5. The zero-order valence-electron chi connectivity index (χ0n) is 13.0. The molecule has 2 aromatic rings. The third-order valence-corrected chi connectivity index (χ3v) is 6.15. The Bertz CT molecular complexity index is 614. The predicted molar refractivity (Wildman–Crippen MR) is 92.1 cm³/mol. The number of benzene rings is 2. The number of likely N-dealkylation sites (tertiary alicyclic amines) is 1. The quantitative estimate of drug-likeness (QED) is 0.839. The summed E-state index contributed by atoms with van der Waals surface area (Å²) in [5.41, 5.74) is 1.38. The number of hydrogen-bond acceptors (Lipinski definition) is 2. The Morgan fingerprint density at radius 2 is 1.68 bits per heavy atom. The van der Waals surface area contributed by atoms with Crippen LogP contribution in [0.1, 0.15) is 18.9 Å². The molecule has 0 amide bonds. The molecule has 3 heteroatoms. The first-order valence-electron chi connectivity index (χ1n) is 8.01. The maximum atomic E-state index is 12.9. The van der Waals surface area contributed by atoms with Crippen LogP contribution in [0, 0.1) is 5.92 Å². The largest absolute Gasteiger partial charge is 0.289 e. The molecule has 0 bridgehead atoms. The Morgan fingerprint density at radius 1 is 1.05 bits per heavy atom. The topological polar surface area (TPSA) is 20.3 Å². The highest BCUT2D eigenvalue weighted by Crippen LogP contribution is 2.30. The lowest BCUT2D eigenvalue weighted by Gasteiger charge is -2.21. The number of rotatable bonds is 5. The summed E-state index contributed by atoms with van der Waals surface area (Å²) in [5, 5.41) is 0.154. The van der Waals surface area contributed by atoms with Gasteiger partial charge >= 0.3 is 0 Å². The Kier molecular flexibility index (Phi) is 5.06. The molecular formula is C19H23NOS. The number of nitrogens with zero attached hydrogens (tertiary/aromatic N) is 1. The highest BCUT2D eigenvalue weighted by molar-refractivity contribution is 7.85. The molecule has 1 fully saturated rings. The smallest absolute Gasteiger partial charge is 0.0910 e. The maximum Gasteiger partial charge on any atom is 0.0910 e. The van der Waals surface area contributed by atoms with Crippen molar-refractivity contribution in [2.24, 2.45) is 5.92 Å². The standard InChI is InChI=1S/C19H23NOS/c1-2-20-15-17(13-16-9-5-3-6-10-16)14-19(20)22(21)18-11-7-4-8-12-18/h3-12,17,19H,2,13-15H2,1H3. The van der Waals surface area contributed by atoms with Gasteiger partial charge in [-0.2, -0.15) is 0 Å². The van der Waals surface area contributed by atoms with Gasteiger partial charge in [0.25, 0.3) is 0 Å². The van der Waals surface area contributed by atoms with Gasteiger partial charge in [-0.25, -0.2) is 0 Å². The van der Waals surface area contributed by atoms with Crippen molar-refractivity contribution < 1.29 is 4.21 Å². The summed E-state index contributed by atoms with van der Waals surface area (Å²) in [7, 11) is -0.941. The minimum absolute atomic E-state index is 0.154. The molecule has 1 aliphatic rings. The highest BCUT2D eigenvalue weighted by Gasteiger charge is 2.35. The van der Waals surface area contributed by atoms with Gasteiger partial charge in [0.15, 0.2) is 0 Å². The van der Waals surface area contributed by atoms with E-state index in [4.69, 9.17) is 0 Å². The second kappa shape index (κ2) is 7.21. The van der Waals surface area contributed by atoms with Crippen molar-refractivity contribution in [1.82, 2.24) is 4.90 Å². The molecule has 0 saturated carbocycles. The van der Waals surface area contributed by atoms with Gasteiger partial charge in [-0.05, 0) is 43.0 Å². The van der Waals surface area contributed by atoms with E-state index >= 15 is 0 Å². The van der Waals surface area contributed by atoms with Crippen LogP contribution in [0.2, 0.25) is 0 Å². The van der Waals surface area contributed by atoms with Gasteiger partial charge in [-0.15, -0.1) is 0 Å². The zero-order chi connectivity index (χ0) is 15.4. The molecule has 1 aliphatic heterocycles. The first-order chi connectivity index (χ1) is 10.8. The molecule has 2 nitrogen and oxygen atoms in total. The fraction of sp³-hybridized carbons (Fsp3) is 0.368. The van der Waals surface area contributed by atoms with Gasteiger partial charge in [-0.1, -0.05) is 55.5 Å². The van der Waals surface area contributed by atoms with Crippen LogP contribution >= 0.6 is 0 Å². The van der Waals surface area contributed by atoms with Crippen molar-refractivity contribution in [1.29, 1.82) is 0 Å². The minimum Gasteiger partial charge on any atom is -0.289 e. The van der Waals surface area contributed by atoms with Crippen LogP contribution in [-0.2, 0) is 17.2 Å². The molecule has 0 aromatic heterocycles. The first kappa shape index (κ1) is 15.4. The van der Waals surface area contributed by atoms with E-state index in [1.807, 2.05) is 30.3 Å². The molecule has 2 aromatic carbocycles. The molecule has 3 atom stereocenters. The SMILES string of the molecule is CCN1CC(Cc2ccccc2)CC1S(=O)c1ccccc1. The van der Waals surface area contributed by atoms with E-state index in [1.165, 1.54) is 5.56 Å². The van der Waals surface area contributed by atoms with Crippen molar-refractivity contribution in [3.63, 3.8) is 0 Å². The van der Waals surface area contributed by atoms with E-state index in [0.29, 0.717) is 5.92 Å². The van der Waals surface area contributed by atoms with Crippen molar-refractivity contribution in [2.45, 2.75) is 30.0 Å². The molecule has 0 radical (unpaired) electrons. The lowest BCUT2D eigenvalue weighted by Crippen LogP contribution is -2.32. The Balaban J connectivity index is 1.71. The van der Waals surface area contributed by atoms with Crippen LogP contribution < -0.4 is 0 Å². The maximum absolute atomic E-state index is 12.9. The predicted octanol–water partition coefficient (Wildman–Crippen LogP) is 3.70. The lowest BCUT2D eigenvalue weighted by atomic mass is 9.99. The summed E-state index contributed by atoms with van der Waals surface area (Å²) < 4.78 is 12.9. The molecule has 1 saturated heterocycles. The molecule has 116 valence electrons. The van der Waals surface area contributed by atoms with Crippen LogP contribution in [-0.4, -0.2) is 27.6 Å². The van der Waals surface area contributed by atoms with Gasteiger partial charge in [0.2, 0.25) is 0 Å². The van der Waals surface area contributed by atoms with Gasteiger partial charge in [-0.3, -0.25) is 9.11 Å². The fourth-order valence-corrected chi connectivity index (χ4v) is 5.01. The van der Waals surface area contributed by atoms with E-state index in [9.17, 15) is 4.21 Å². The molecule has 3 unspecified atom stereocenters. The van der Waals surface area contributed by atoms with Gasteiger partial charge in [0.05, 0.1) is 16.2 Å². The second-order valence-corrected chi connectivity index (χ2v) is 7.55. The van der Waals surface area contributed by atoms with E-state index in [0.717, 1.165) is 30.8 Å². The minimum atomic E-state index is -0.941. The van der Waals surface area contributed by atoms with E-state index in [-0.39, 0.29) is 5.37 Å². The molecule has 0 aliphatic carbocycles. The summed E-state index contributed by atoms with van der Waals surface area (Å²) in [5.74, 6) is 0.597. The summed E-state index contributed by atoms with van der Waals surface area (Å²) >= 11 is 0. The molecule has 1 heterocycles. The first-order valence-corrected chi connectivity index (χ1v) is 9.23. The van der Waals surface area contributed by atoms with Gasteiger partial charge in [0, 0.05) is 11.4 Å². The average Bonchev–Trinajstić information content (AvgIpc) is 2.99. The van der Waals surface area contributed by atoms with E-state index < -0.39 is 10.8 Å². The third kappa shape index (κ3) is 3.47. The van der Waals surface area contributed by atoms with E-state index in [1.54, 1.807) is 0 Å².